The van der Waals surface area contributed by atoms with Crippen LogP contribution in [0.1, 0.15) is 18.4 Å². The second-order valence-corrected chi connectivity index (χ2v) is 8.08. The quantitative estimate of drug-likeness (QED) is 0.493. The van der Waals surface area contributed by atoms with E-state index in [0.29, 0.717) is 5.19 Å². The van der Waals surface area contributed by atoms with E-state index in [2.05, 4.69) is 22.0 Å². The smallest absolute Gasteiger partial charge is 0.345 e. The maximum Gasteiger partial charge on any atom is 0.345 e. The van der Waals surface area contributed by atoms with Crippen LogP contribution in [0.25, 0.3) is 10.2 Å². The van der Waals surface area contributed by atoms with Gasteiger partial charge in [0.15, 0.2) is 0 Å². The second kappa shape index (κ2) is 8.79. The topological polar surface area (TPSA) is 79.3 Å². The third-order valence-corrected chi connectivity index (χ3v) is 6.15. The Morgan fingerprint density at radius 1 is 1.18 bits per heavy atom. The van der Waals surface area contributed by atoms with Gasteiger partial charge in [0, 0.05) is 6.54 Å². The van der Waals surface area contributed by atoms with Crippen LogP contribution in [0.4, 0.5) is 0 Å². The van der Waals surface area contributed by atoms with Crippen LogP contribution >= 0.6 is 11.3 Å². The highest BCUT2D eigenvalue weighted by atomic mass is 32.1. The Morgan fingerprint density at radius 2 is 1.93 bits per heavy atom. The molecule has 4 rings (SSSR count). The van der Waals surface area contributed by atoms with Crippen molar-refractivity contribution in [2.24, 2.45) is 5.92 Å². The Hall–Kier alpha value is -2.32. The number of nitrogens with zero attached hydrogens (tertiary/aromatic N) is 2. The molecule has 0 atom stereocenters. The van der Waals surface area contributed by atoms with Gasteiger partial charge in [0.1, 0.15) is 5.75 Å². The highest BCUT2D eigenvalue weighted by Crippen LogP contribution is 2.31. The predicted octanol–water partition coefficient (Wildman–Crippen LogP) is 2.82. The number of aromatic nitrogens is 1. The van der Waals surface area contributed by atoms with Gasteiger partial charge in [-0.2, -0.15) is 0 Å². The third-order valence-electron chi connectivity index (χ3n) is 5.24. The van der Waals surface area contributed by atoms with E-state index in [1.165, 1.54) is 5.56 Å². The molecule has 1 aliphatic heterocycles. The Labute approximate surface area is 167 Å². The number of nitrogens with two attached hydrogens (primary N) is 1. The van der Waals surface area contributed by atoms with E-state index in [1.807, 2.05) is 36.4 Å². The maximum atomic E-state index is 11.5. The number of hydrogen-bond donors (Lipinski definition) is 2. The number of piperidine rings is 1. The summed E-state index contributed by atoms with van der Waals surface area (Å²) < 4.78 is 7.02. The molecule has 1 aliphatic rings. The molecule has 6 nitrogen and oxygen atoms in total. The number of carbonyl (C=O) groups excluding carboxylic acids is 1. The normalized spacial score (nSPS) is 15.8. The van der Waals surface area contributed by atoms with Crippen LogP contribution < -0.4 is 10.2 Å². The van der Waals surface area contributed by atoms with Crippen molar-refractivity contribution in [2.75, 3.05) is 19.6 Å². The molecule has 0 aliphatic carbocycles. The fraction of sp³-hybridized carbons (Fsp3) is 0.333. The van der Waals surface area contributed by atoms with E-state index >= 15 is 0 Å². The first-order valence-electron chi connectivity index (χ1n) is 9.57. The second-order valence-electron chi connectivity index (χ2n) is 7.09. The molecule has 1 aromatic heterocycles. The van der Waals surface area contributed by atoms with Crippen molar-refractivity contribution in [3.8, 4) is 10.9 Å². The molecule has 0 bridgehead atoms. The molecule has 0 saturated carbocycles. The number of rotatable bonds is 6. The molecule has 2 aromatic carbocycles. The molecule has 2 heterocycles. The highest BCUT2D eigenvalue weighted by molar-refractivity contribution is 7.20. The summed E-state index contributed by atoms with van der Waals surface area (Å²) in [6, 6.07) is 16.2. The van der Waals surface area contributed by atoms with Crippen LogP contribution in [0, 0.1) is 5.92 Å². The number of carbonyl (C=O) groups is 1. The van der Waals surface area contributed by atoms with Crippen molar-refractivity contribution in [1.29, 1.82) is 0 Å². The number of hydroxylamine groups is 1. The van der Waals surface area contributed by atoms with Crippen LogP contribution in [0.3, 0.4) is 0 Å². The van der Waals surface area contributed by atoms with Gasteiger partial charge in [-0.3, -0.25) is 0 Å². The van der Waals surface area contributed by atoms with Gasteiger partial charge >= 0.3 is 5.91 Å². The summed E-state index contributed by atoms with van der Waals surface area (Å²) in [6.45, 7) is 2.79. The number of thiazole rings is 1. The Morgan fingerprint density at radius 3 is 2.64 bits per heavy atom. The SMILES string of the molecule is O=C([NH2+]O)C1CCN(CCc2ccc(Oc3nc4ccccc4s3)cc2)CC1. The number of quaternary nitrogens is 1. The molecule has 0 spiro atoms. The van der Waals surface area contributed by atoms with Crippen LogP contribution in [-0.2, 0) is 11.2 Å². The van der Waals surface area contributed by atoms with Crippen molar-refractivity contribution < 1.29 is 20.2 Å². The first kappa shape index (κ1) is 19.0. The maximum absolute atomic E-state index is 11.5. The third kappa shape index (κ3) is 4.56. The number of primary amides is 1. The van der Waals surface area contributed by atoms with E-state index in [9.17, 15) is 4.79 Å². The van der Waals surface area contributed by atoms with Crippen molar-refractivity contribution in [2.45, 2.75) is 19.3 Å². The van der Waals surface area contributed by atoms with Crippen molar-refractivity contribution in [3.05, 3.63) is 54.1 Å². The molecule has 1 saturated heterocycles. The molecular formula is C21H24N3O3S+. The lowest BCUT2D eigenvalue weighted by atomic mass is 9.96. The number of benzene rings is 2. The Balaban J connectivity index is 1.27. The van der Waals surface area contributed by atoms with Gasteiger partial charge in [-0.15, -0.1) is 5.48 Å². The Kier molecular flexibility index (Phi) is 5.97. The standard InChI is InChI=1S/C21H23N3O3S/c25-20(23-26)16-10-13-24(14-11-16)12-9-15-5-7-17(8-6-15)27-21-22-18-3-1-2-4-19(18)28-21/h1-8,16,26H,9-14H2,(H,23,25)/p+1. The minimum absolute atomic E-state index is 0.0137. The molecule has 146 valence electrons. The fourth-order valence-corrected chi connectivity index (χ4v) is 4.39. The van der Waals surface area contributed by atoms with E-state index in [4.69, 9.17) is 9.94 Å². The van der Waals surface area contributed by atoms with Gasteiger partial charge in [0.05, 0.1) is 16.1 Å². The lowest BCUT2D eigenvalue weighted by Crippen LogP contribution is -2.86. The van der Waals surface area contributed by atoms with Gasteiger partial charge in [0.25, 0.3) is 5.19 Å². The fourth-order valence-electron chi connectivity index (χ4n) is 3.55. The van der Waals surface area contributed by atoms with Crippen LogP contribution in [0.15, 0.2) is 48.5 Å². The van der Waals surface area contributed by atoms with Crippen molar-refractivity contribution in [1.82, 2.24) is 9.88 Å². The molecular weight excluding hydrogens is 374 g/mol. The average molecular weight is 399 g/mol. The number of amides is 1. The number of para-hydroxylation sites is 1. The summed E-state index contributed by atoms with van der Waals surface area (Å²) in [4.78, 5) is 18.4. The molecule has 3 N–H and O–H groups in total. The minimum atomic E-state index is -0.136. The number of likely N-dealkylation sites (tertiary alicyclic amines) is 1. The highest BCUT2D eigenvalue weighted by Gasteiger charge is 2.27. The van der Waals surface area contributed by atoms with E-state index in [-0.39, 0.29) is 11.8 Å². The van der Waals surface area contributed by atoms with Gasteiger partial charge < -0.3 is 9.64 Å². The monoisotopic (exact) mass is 398 g/mol. The summed E-state index contributed by atoms with van der Waals surface area (Å²) >= 11 is 1.55. The zero-order valence-corrected chi connectivity index (χ0v) is 16.4. The van der Waals surface area contributed by atoms with Crippen LogP contribution in [0.2, 0.25) is 0 Å². The number of hydrogen-bond acceptors (Lipinski definition) is 6. The number of ether oxygens (including phenoxy) is 1. The zero-order chi connectivity index (χ0) is 19.3. The summed E-state index contributed by atoms with van der Waals surface area (Å²) in [5.74, 6) is 0.644. The predicted molar refractivity (Wildman–Crippen MR) is 108 cm³/mol. The van der Waals surface area contributed by atoms with Gasteiger partial charge in [-0.25, -0.2) is 15.0 Å². The van der Waals surface area contributed by atoms with Gasteiger partial charge in [-0.1, -0.05) is 35.6 Å². The van der Waals surface area contributed by atoms with Gasteiger partial charge in [-0.05, 0) is 62.2 Å². The van der Waals surface area contributed by atoms with Gasteiger partial charge in [0.2, 0.25) is 0 Å². The Bertz CT molecular complexity index is 900. The van der Waals surface area contributed by atoms with E-state index in [1.54, 1.807) is 11.3 Å². The first-order chi connectivity index (χ1) is 13.7. The summed E-state index contributed by atoms with van der Waals surface area (Å²) in [5, 5.41) is 9.51. The summed E-state index contributed by atoms with van der Waals surface area (Å²) in [7, 11) is 0. The van der Waals surface area contributed by atoms with Crippen molar-refractivity contribution in [3.63, 3.8) is 0 Å². The average Bonchev–Trinajstić information content (AvgIpc) is 3.15. The summed E-state index contributed by atoms with van der Waals surface area (Å²) in [5.41, 5.74) is 2.94. The largest absolute Gasteiger partial charge is 0.431 e. The molecule has 0 radical (unpaired) electrons. The lowest BCUT2D eigenvalue weighted by Gasteiger charge is -2.29. The molecule has 28 heavy (non-hydrogen) atoms. The number of fused-ring (bicyclic) bond motifs is 1. The minimum Gasteiger partial charge on any atom is -0.431 e. The molecule has 1 amide bonds. The molecule has 0 unspecified atom stereocenters. The van der Waals surface area contributed by atoms with E-state index < -0.39 is 0 Å². The summed E-state index contributed by atoms with van der Waals surface area (Å²) in [6.07, 6.45) is 2.61. The molecule has 3 aromatic rings. The van der Waals surface area contributed by atoms with Crippen LogP contribution in [0.5, 0.6) is 10.9 Å². The molecule has 7 heteroatoms. The van der Waals surface area contributed by atoms with Crippen molar-refractivity contribution >= 4 is 27.5 Å². The zero-order valence-electron chi connectivity index (χ0n) is 15.6. The first-order valence-corrected chi connectivity index (χ1v) is 10.4. The lowest BCUT2D eigenvalue weighted by molar-refractivity contribution is -0.817. The van der Waals surface area contributed by atoms with Crippen LogP contribution in [-0.4, -0.2) is 40.6 Å². The van der Waals surface area contributed by atoms with E-state index in [0.717, 1.165) is 60.3 Å². The molecule has 1 fully saturated rings.